The molecule has 5 rings (SSSR count). The number of thioether (sulfide) groups is 1. The van der Waals surface area contributed by atoms with Gasteiger partial charge in [-0.3, -0.25) is 10.2 Å². The molecule has 2 aliphatic heterocycles. The highest BCUT2D eigenvalue weighted by Crippen LogP contribution is 2.32. The Kier molecular flexibility index (Phi) is 7.13. The van der Waals surface area contributed by atoms with Crippen LogP contribution in [0.2, 0.25) is 0 Å². The van der Waals surface area contributed by atoms with E-state index in [0.717, 1.165) is 40.8 Å². The van der Waals surface area contributed by atoms with E-state index in [1.165, 1.54) is 42.1 Å². The summed E-state index contributed by atoms with van der Waals surface area (Å²) in [6.07, 6.45) is 10.3. The molecule has 2 aliphatic rings. The van der Waals surface area contributed by atoms with Crippen LogP contribution in [0, 0.1) is 11.2 Å². The summed E-state index contributed by atoms with van der Waals surface area (Å²) in [5.74, 6) is -0.666. The molecule has 6 nitrogen and oxygen atoms in total. The predicted octanol–water partition coefficient (Wildman–Crippen LogP) is 6.81. The van der Waals surface area contributed by atoms with Crippen LogP contribution < -0.4 is 0 Å². The number of fused-ring (bicyclic) bond motifs is 2. The molecule has 3 heterocycles. The lowest BCUT2D eigenvalue weighted by atomic mass is 10.1. The van der Waals surface area contributed by atoms with Gasteiger partial charge in [0, 0.05) is 28.2 Å². The van der Waals surface area contributed by atoms with E-state index < -0.39 is 5.91 Å². The molecule has 0 aliphatic carbocycles. The summed E-state index contributed by atoms with van der Waals surface area (Å²) >= 11 is 1.38. The van der Waals surface area contributed by atoms with Crippen molar-refractivity contribution in [1.82, 2.24) is 9.58 Å². The predicted molar refractivity (Wildman–Crippen MR) is 146 cm³/mol. The van der Waals surface area contributed by atoms with Crippen LogP contribution in [0.3, 0.4) is 0 Å². The van der Waals surface area contributed by atoms with Crippen LogP contribution in [0.25, 0.3) is 17.0 Å². The summed E-state index contributed by atoms with van der Waals surface area (Å²) in [5.41, 5.74) is 2.48. The number of hydrazone groups is 1. The smallest absolute Gasteiger partial charge is 0.283 e. The summed E-state index contributed by atoms with van der Waals surface area (Å²) in [6, 6.07) is 14.5. The van der Waals surface area contributed by atoms with Crippen molar-refractivity contribution < 1.29 is 9.18 Å². The highest BCUT2D eigenvalue weighted by Gasteiger charge is 2.35. The van der Waals surface area contributed by atoms with Crippen LogP contribution in [-0.2, 0) is 11.3 Å². The number of amides is 1. The van der Waals surface area contributed by atoms with Crippen molar-refractivity contribution in [2.75, 3.05) is 0 Å². The minimum absolute atomic E-state index is 0.0319. The first-order valence-electron chi connectivity index (χ1n) is 12.4. The maximum absolute atomic E-state index is 14.3. The van der Waals surface area contributed by atoms with Gasteiger partial charge in [0.05, 0.1) is 12.1 Å². The number of carbonyl (C=O) groups excluding carboxylic acids is 1. The SMILES string of the molecule is CCCCCCCC1=NN2C(=N)C(=Cc3cn(Cc4ccccc4F)c4ccccc34)C(=O)N=C2S1. The third-order valence-corrected chi connectivity index (χ3v) is 7.38. The molecule has 0 saturated heterocycles. The molecular formula is C28H28FN5OS. The molecular weight excluding hydrogens is 473 g/mol. The molecule has 184 valence electrons. The first-order valence-corrected chi connectivity index (χ1v) is 13.2. The minimum atomic E-state index is -0.441. The number of rotatable bonds is 9. The highest BCUT2D eigenvalue weighted by atomic mass is 32.2. The molecule has 1 N–H and O–H groups in total. The number of unbranched alkanes of at least 4 members (excludes halogenated alkanes) is 4. The Balaban J connectivity index is 1.41. The number of carbonyl (C=O) groups is 1. The van der Waals surface area contributed by atoms with E-state index >= 15 is 0 Å². The van der Waals surface area contributed by atoms with E-state index in [-0.39, 0.29) is 17.2 Å². The zero-order valence-corrected chi connectivity index (χ0v) is 21.0. The van der Waals surface area contributed by atoms with Gasteiger partial charge in [0.15, 0.2) is 5.84 Å². The Bertz CT molecular complexity index is 1420. The molecule has 0 spiro atoms. The van der Waals surface area contributed by atoms with E-state index in [0.29, 0.717) is 17.3 Å². The Labute approximate surface area is 214 Å². The van der Waals surface area contributed by atoms with Gasteiger partial charge in [-0.1, -0.05) is 69.0 Å². The Hall–Kier alpha value is -3.52. The molecule has 36 heavy (non-hydrogen) atoms. The van der Waals surface area contributed by atoms with E-state index in [1.807, 2.05) is 41.1 Å². The van der Waals surface area contributed by atoms with Crippen LogP contribution in [0.4, 0.5) is 4.39 Å². The number of halogens is 1. The fourth-order valence-corrected chi connectivity index (χ4v) is 5.43. The molecule has 0 radical (unpaired) electrons. The zero-order valence-electron chi connectivity index (χ0n) is 20.2. The third kappa shape index (κ3) is 4.91. The second-order valence-corrected chi connectivity index (χ2v) is 10.0. The van der Waals surface area contributed by atoms with Crippen LogP contribution in [0.5, 0.6) is 0 Å². The number of hydrogen-bond donors (Lipinski definition) is 1. The lowest BCUT2D eigenvalue weighted by Gasteiger charge is -2.20. The number of nitrogens with zero attached hydrogens (tertiary/aromatic N) is 4. The molecule has 0 saturated carbocycles. The average Bonchev–Trinajstić information content (AvgIpc) is 3.44. The number of para-hydroxylation sites is 1. The first-order chi connectivity index (χ1) is 17.5. The lowest BCUT2D eigenvalue weighted by Crippen LogP contribution is -2.35. The van der Waals surface area contributed by atoms with Gasteiger partial charge < -0.3 is 4.57 Å². The van der Waals surface area contributed by atoms with E-state index in [2.05, 4.69) is 17.0 Å². The Morgan fingerprint density at radius 2 is 1.83 bits per heavy atom. The van der Waals surface area contributed by atoms with Gasteiger partial charge in [-0.2, -0.15) is 15.1 Å². The monoisotopic (exact) mass is 501 g/mol. The second-order valence-electron chi connectivity index (χ2n) is 9.00. The Morgan fingerprint density at radius 1 is 1.06 bits per heavy atom. The minimum Gasteiger partial charge on any atom is -0.342 e. The zero-order chi connectivity index (χ0) is 25.1. The van der Waals surface area contributed by atoms with Gasteiger partial charge in [0.25, 0.3) is 5.91 Å². The van der Waals surface area contributed by atoms with Gasteiger partial charge in [0.2, 0.25) is 5.17 Å². The number of aliphatic imine (C=N–C) groups is 1. The van der Waals surface area contributed by atoms with Gasteiger partial charge in [-0.15, -0.1) is 0 Å². The van der Waals surface area contributed by atoms with Crippen molar-refractivity contribution in [3.63, 3.8) is 0 Å². The van der Waals surface area contributed by atoms with Gasteiger partial charge in [0.1, 0.15) is 10.9 Å². The molecule has 1 aromatic heterocycles. The summed E-state index contributed by atoms with van der Waals surface area (Å²) in [5, 5.41) is 17.0. The highest BCUT2D eigenvalue weighted by molar-refractivity contribution is 8.26. The van der Waals surface area contributed by atoms with Crippen LogP contribution in [0.1, 0.15) is 56.6 Å². The van der Waals surface area contributed by atoms with Crippen molar-refractivity contribution in [3.05, 3.63) is 77.2 Å². The molecule has 0 unspecified atom stereocenters. The van der Waals surface area contributed by atoms with E-state index in [4.69, 9.17) is 5.41 Å². The standard InChI is InChI=1S/C28H28FN5OS/c1-2-3-4-5-6-15-25-32-34-26(30)22(27(35)31-28(34)36-25)16-20-18-33(24-14-10-8-12-21(20)24)17-19-11-7-9-13-23(19)29/h7-14,16,18,30H,2-6,15,17H2,1H3. The van der Waals surface area contributed by atoms with Crippen molar-refractivity contribution in [3.8, 4) is 0 Å². The molecule has 0 bridgehead atoms. The topological polar surface area (TPSA) is 73.8 Å². The maximum Gasteiger partial charge on any atom is 0.283 e. The molecule has 0 atom stereocenters. The Morgan fingerprint density at radius 3 is 2.67 bits per heavy atom. The van der Waals surface area contributed by atoms with Gasteiger partial charge in [-0.25, -0.2) is 4.39 Å². The molecule has 8 heteroatoms. The second kappa shape index (κ2) is 10.6. The molecule has 2 aromatic carbocycles. The summed E-state index contributed by atoms with van der Waals surface area (Å²) in [4.78, 5) is 17.2. The van der Waals surface area contributed by atoms with Crippen LogP contribution in [-0.4, -0.2) is 31.5 Å². The summed E-state index contributed by atoms with van der Waals surface area (Å²) in [7, 11) is 0. The van der Waals surface area contributed by atoms with Crippen LogP contribution in [0.15, 0.2) is 70.4 Å². The fraction of sp³-hybridized carbons (Fsp3) is 0.286. The normalized spacial score (nSPS) is 16.6. The van der Waals surface area contributed by atoms with Gasteiger partial charge >= 0.3 is 0 Å². The number of amidine groups is 2. The average molecular weight is 502 g/mol. The summed E-state index contributed by atoms with van der Waals surface area (Å²) < 4.78 is 16.3. The van der Waals surface area contributed by atoms with E-state index in [1.54, 1.807) is 18.2 Å². The molecule has 3 aromatic rings. The van der Waals surface area contributed by atoms with Crippen molar-refractivity contribution in [1.29, 1.82) is 5.41 Å². The summed E-state index contributed by atoms with van der Waals surface area (Å²) in [6.45, 7) is 2.56. The largest absolute Gasteiger partial charge is 0.342 e. The number of aromatic nitrogens is 1. The van der Waals surface area contributed by atoms with Crippen molar-refractivity contribution >= 4 is 50.7 Å². The number of hydrogen-bond acceptors (Lipinski definition) is 4. The number of benzene rings is 2. The van der Waals surface area contributed by atoms with Crippen molar-refractivity contribution in [2.24, 2.45) is 10.1 Å². The molecule has 1 amide bonds. The maximum atomic E-state index is 14.3. The van der Waals surface area contributed by atoms with Crippen LogP contribution >= 0.6 is 11.8 Å². The number of nitrogens with one attached hydrogen (secondary N) is 1. The third-order valence-electron chi connectivity index (χ3n) is 6.41. The molecule has 0 fully saturated rings. The fourth-order valence-electron chi connectivity index (χ4n) is 4.50. The van der Waals surface area contributed by atoms with Gasteiger partial charge in [-0.05, 0) is 42.8 Å². The first kappa shape index (κ1) is 24.2. The lowest BCUT2D eigenvalue weighted by molar-refractivity contribution is -0.114. The van der Waals surface area contributed by atoms with Crippen molar-refractivity contribution in [2.45, 2.75) is 52.0 Å². The quantitative estimate of drug-likeness (QED) is 0.259. The van der Waals surface area contributed by atoms with E-state index in [9.17, 15) is 9.18 Å².